The largest absolute Gasteiger partial charge is 0.490 e. The smallest absolute Gasteiger partial charge is 0.328 e. The Morgan fingerprint density at radius 3 is 2.43 bits per heavy atom. The van der Waals surface area contributed by atoms with Crippen LogP contribution in [0.5, 0.6) is 5.75 Å². The van der Waals surface area contributed by atoms with Gasteiger partial charge in [-0.3, -0.25) is 4.79 Å². The monoisotopic (exact) mass is 411 g/mol. The molecule has 0 spiro atoms. The highest BCUT2D eigenvalue weighted by molar-refractivity contribution is 5.89. The molecule has 0 aromatic heterocycles. The maximum atomic E-state index is 13.7. The first kappa shape index (κ1) is 19.9. The molecule has 0 N–H and O–H groups in total. The topological polar surface area (TPSA) is 55.8 Å². The van der Waals surface area contributed by atoms with Crippen LogP contribution in [0.2, 0.25) is 0 Å². The van der Waals surface area contributed by atoms with Crippen molar-refractivity contribution in [2.24, 2.45) is 23.2 Å². The minimum atomic E-state index is -0.413. The van der Waals surface area contributed by atoms with Gasteiger partial charge in [-0.15, -0.1) is 0 Å². The summed E-state index contributed by atoms with van der Waals surface area (Å²) >= 11 is 0. The normalized spacial score (nSPS) is 34.2. The predicted molar refractivity (Wildman–Crippen MR) is 113 cm³/mol. The molecule has 5 nitrogen and oxygen atoms in total. The fourth-order valence-electron chi connectivity index (χ4n) is 7.04. The lowest BCUT2D eigenvalue weighted by molar-refractivity contribution is -0.165. The third-order valence-electron chi connectivity index (χ3n) is 7.86. The van der Waals surface area contributed by atoms with Crippen molar-refractivity contribution in [1.82, 2.24) is 4.90 Å². The molecule has 4 bridgehead atoms. The van der Waals surface area contributed by atoms with Crippen molar-refractivity contribution < 1.29 is 19.1 Å². The van der Waals surface area contributed by atoms with E-state index in [0.29, 0.717) is 13.2 Å². The third kappa shape index (κ3) is 3.72. The van der Waals surface area contributed by atoms with E-state index >= 15 is 0 Å². The van der Waals surface area contributed by atoms with E-state index in [9.17, 15) is 9.59 Å². The second-order valence-corrected chi connectivity index (χ2v) is 10.2. The van der Waals surface area contributed by atoms with Gasteiger partial charge in [0.15, 0.2) is 0 Å². The Balaban J connectivity index is 1.17. The van der Waals surface area contributed by atoms with Gasteiger partial charge in [-0.05, 0) is 93.7 Å². The van der Waals surface area contributed by atoms with Gasteiger partial charge in [0.2, 0.25) is 5.91 Å². The molecule has 30 heavy (non-hydrogen) atoms. The van der Waals surface area contributed by atoms with Crippen LogP contribution >= 0.6 is 0 Å². The molecule has 5 fully saturated rings. The molecule has 6 rings (SSSR count). The van der Waals surface area contributed by atoms with Crippen LogP contribution in [-0.2, 0) is 14.3 Å². The van der Waals surface area contributed by atoms with Crippen LogP contribution in [-0.4, -0.2) is 42.6 Å². The Morgan fingerprint density at radius 1 is 1.07 bits per heavy atom. The van der Waals surface area contributed by atoms with Crippen LogP contribution in [0.3, 0.4) is 0 Å². The number of nitrogens with zero attached hydrogens (tertiary/aromatic N) is 1. The van der Waals surface area contributed by atoms with E-state index in [-0.39, 0.29) is 23.9 Å². The number of aryl methyl sites for hydroxylation is 1. The number of carbonyl (C=O) groups excluding carboxylic acids is 2. The fraction of sp³-hybridized carbons (Fsp3) is 0.680. The third-order valence-corrected chi connectivity index (χ3v) is 7.86. The van der Waals surface area contributed by atoms with Crippen molar-refractivity contribution in [1.29, 1.82) is 0 Å². The summed E-state index contributed by atoms with van der Waals surface area (Å²) in [6.07, 6.45) is 8.69. The molecule has 4 saturated carbocycles. The van der Waals surface area contributed by atoms with Crippen molar-refractivity contribution in [3.05, 3.63) is 29.8 Å². The van der Waals surface area contributed by atoms with Gasteiger partial charge in [0.1, 0.15) is 25.0 Å². The molecule has 1 aromatic rings. The first-order valence-corrected chi connectivity index (χ1v) is 11.7. The minimum Gasteiger partial charge on any atom is -0.490 e. The first-order chi connectivity index (χ1) is 14.5. The lowest BCUT2D eigenvalue weighted by Gasteiger charge is -2.56. The number of esters is 1. The van der Waals surface area contributed by atoms with Crippen molar-refractivity contribution in [3.63, 3.8) is 0 Å². The molecule has 5 heteroatoms. The van der Waals surface area contributed by atoms with Crippen LogP contribution in [0.1, 0.15) is 56.9 Å². The van der Waals surface area contributed by atoms with Gasteiger partial charge in [-0.1, -0.05) is 12.1 Å². The van der Waals surface area contributed by atoms with Gasteiger partial charge in [0.25, 0.3) is 0 Å². The molecule has 1 aliphatic heterocycles. The van der Waals surface area contributed by atoms with Crippen molar-refractivity contribution >= 4 is 11.9 Å². The van der Waals surface area contributed by atoms with E-state index in [1.54, 1.807) is 0 Å². The number of carbonyl (C=O) groups is 2. The van der Waals surface area contributed by atoms with Gasteiger partial charge >= 0.3 is 5.97 Å². The highest BCUT2D eigenvalue weighted by Crippen LogP contribution is 2.60. The summed E-state index contributed by atoms with van der Waals surface area (Å²) in [5.74, 6) is 2.95. The summed E-state index contributed by atoms with van der Waals surface area (Å²) in [7, 11) is 0. The van der Waals surface area contributed by atoms with Crippen molar-refractivity contribution in [3.8, 4) is 5.75 Å². The molecule has 1 heterocycles. The van der Waals surface area contributed by atoms with Crippen LogP contribution in [0, 0.1) is 30.1 Å². The second kappa shape index (κ2) is 7.90. The average Bonchev–Trinajstić information content (AvgIpc) is 3.19. The zero-order valence-electron chi connectivity index (χ0n) is 18.0. The highest BCUT2D eigenvalue weighted by atomic mass is 16.6. The number of rotatable bonds is 6. The molecule has 1 amide bonds. The van der Waals surface area contributed by atoms with Crippen LogP contribution in [0.15, 0.2) is 24.3 Å². The summed E-state index contributed by atoms with van der Waals surface area (Å²) < 4.78 is 11.2. The van der Waals surface area contributed by atoms with E-state index < -0.39 is 6.04 Å². The fourth-order valence-corrected chi connectivity index (χ4v) is 7.04. The Morgan fingerprint density at radius 2 is 1.77 bits per heavy atom. The molecule has 1 aromatic carbocycles. The summed E-state index contributed by atoms with van der Waals surface area (Å²) in [5.41, 5.74) is 0.945. The predicted octanol–water partition coefficient (Wildman–Crippen LogP) is 4.12. The summed E-state index contributed by atoms with van der Waals surface area (Å²) in [4.78, 5) is 28.3. The Labute approximate surface area is 179 Å². The van der Waals surface area contributed by atoms with Crippen LogP contribution < -0.4 is 4.74 Å². The molecule has 162 valence electrons. The minimum absolute atomic E-state index is 0.189. The zero-order valence-corrected chi connectivity index (χ0v) is 18.0. The number of likely N-dealkylation sites (tertiary alicyclic amines) is 1. The van der Waals surface area contributed by atoms with Gasteiger partial charge in [-0.2, -0.15) is 0 Å². The summed E-state index contributed by atoms with van der Waals surface area (Å²) in [6, 6.07) is 7.41. The van der Waals surface area contributed by atoms with E-state index in [4.69, 9.17) is 9.47 Å². The summed E-state index contributed by atoms with van der Waals surface area (Å²) in [5, 5.41) is 0. The Bertz CT molecular complexity index is 784. The second-order valence-electron chi connectivity index (χ2n) is 10.2. The Kier molecular flexibility index (Phi) is 5.24. The Hall–Kier alpha value is -2.04. The molecule has 4 aliphatic carbocycles. The molecule has 5 aliphatic rings. The quantitative estimate of drug-likeness (QED) is 0.522. The highest BCUT2D eigenvalue weighted by Gasteiger charge is 2.56. The molecular formula is C25H33NO4. The lowest BCUT2D eigenvalue weighted by Crippen LogP contribution is -2.56. The van der Waals surface area contributed by atoms with E-state index in [1.807, 2.05) is 36.1 Å². The maximum absolute atomic E-state index is 13.7. The number of benzene rings is 1. The lowest BCUT2D eigenvalue weighted by atomic mass is 9.49. The molecule has 1 atom stereocenters. The van der Waals surface area contributed by atoms with E-state index in [2.05, 4.69) is 0 Å². The number of hydrogen-bond acceptors (Lipinski definition) is 4. The van der Waals surface area contributed by atoms with Crippen molar-refractivity contribution in [2.45, 2.75) is 64.3 Å². The van der Waals surface area contributed by atoms with Gasteiger partial charge in [-0.25, -0.2) is 4.79 Å². The van der Waals surface area contributed by atoms with Gasteiger partial charge in [0.05, 0.1) is 5.41 Å². The molecule has 0 radical (unpaired) electrons. The number of amides is 1. The van der Waals surface area contributed by atoms with E-state index in [0.717, 1.165) is 61.2 Å². The SMILES string of the molecule is Cc1cccc(OCCOC(=O)C2CCCN2C(=O)C23CC4CC(CC(C4)C2)C3)c1. The maximum Gasteiger partial charge on any atom is 0.328 e. The summed E-state index contributed by atoms with van der Waals surface area (Å²) in [6.45, 7) is 3.25. The van der Waals surface area contributed by atoms with Crippen molar-refractivity contribution in [2.75, 3.05) is 19.8 Å². The van der Waals surface area contributed by atoms with Gasteiger partial charge < -0.3 is 14.4 Å². The average molecular weight is 412 g/mol. The zero-order chi connectivity index (χ0) is 20.7. The first-order valence-electron chi connectivity index (χ1n) is 11.7. The molecular weight excluding hydrogens is 378 g/mol. The number of ether oxygens (including phenoxy) is 2. The van der Waals surface area contributed by atoms with Crippen LogP contribution in [0.25, 0.3) is 0 Å². The van der Waals surface area contributed by atoms with Gasteiger partial charge in [0, 0.05) is 6.54 Å². The molecule has 1 unspecified atom stereocenters. The van der Waals surface area contributed by atoms with E-state index in [1.165, 1.54) is 19.3 Å². The standard InChI is InChI=1S/C25H33NO4/c1-17-4-2-5-21(10-17)29-8-9-30-23(27)22-6-3-7-26(22)24(28)25-14-18-11-19(15-25)13-20(12-18)16-25/h2,4-5,10,18-20,22H,3,6-9,11-16H2,1H3. The van der Waals surface area contributed by atoms with Crippen LogP contribution in [0.4, 0.5) is 0 Å². The number of hydrogen-bond donors (Lipinski definition) is 0. The molecule has 1 saturated heterocycles.